The van der Waals surface area contributed by atoms with Crippen molar-refractivity contribution in [2.45, 2.75) is 52.9 Å². The highest BCUT2D eigenvalue weighted by Crippen LogP contribution is 2.23. The predicted octanol–water partition coefficient (Wildman–Crippen LogP) is 4.34. The number of unbranched alkanes of at least 4 members (excludes halogenated alkanes) is 3. The van der Waals surface area contributed by atoms with Crippen molar-refractivity contribution in [1.82, 2.24) is 4.37 Å². The number of hydrogen-bond acceptors (Lipinski definition) is 4. The van der Waals surface area contributed by atoms with Gasteiger partial charge in [0.25, 0.3) is 0 Å². The van der Waals surface area contributed by atoms with Gasteiger partial charge in [-0.3, -0.25) is 0 Å². The number of hydrogen-bond donors (Lipinski definition) is 1. The standard InChI is InChI=1S/C14H23N3S/c1-11(2)8-6-4-5-7-9-16-14-13(10-15)12(3)17-18-14/h11,16H,4-9H2,1-3H3. The zero-order chi connectivity index (χ0) is 13.4. The fourth-order valence-electron chi connectivity index (χ4n) is 1.86. The molecular formula is C14H23N3S. The van der Waals surface area contributed by atoms with Gasteiger partial charge in [-0.1, -0.05) is 39.5 Å². The summed E-state index contributed by atoms with van der Waals surface area (Å²) in [6.07, 6.45) is 6.41. The Hall–Kier alpha value is -1.08. The molecule has 18 heavy (non-hydrogen) atoms. The number of nitrogens with zero attached hydrogens (tertiary/aromatic N) is 2. The number of anilines is 1. The minimum Gasteiger partial charge on any atom is -0.375 e. The summed E-state index contributed by atoms with van der Waals surface area (Å²) in [6.45, 7) is 7.37. The lowest BCUT2D eigenvalue weighted by atomic mass is 10.0. The average molecular weight is 265 g/mol. The number of aromatic nitrogens is 1. The Kier molecular flexibility index (Phi) is 6.74. The van der Waals surface area contributed by atoms with E-state index in [-0.39, 0.29) is 0 Å². The lowest BCUT2D eigenvalue weighted by Gasteiger charge is -2.05. The molecule has 0 unspecified atom stereocenters. The summed E-state index contributed by atoms with van der Waals surface area (Å²) in [4.78, 5) is 0. The highest BCUT2D eigenvalue weighted by atomic mass is 32.1. The Balaban J connectivity index is 2.13. The molecule has 0 aromatic carbocycles. The van der Waals surface area contributed by atoms with E-state index in [4.69, 9.17) is 5.26 Å². The molecular weight excluding hydrogens is 242 g/mol. The first-order chi connectivity index (χ1) is 8.65. The maximum Gasteiger partial charge on any atom is 0.127 e. The van der Waals surface area contributed by atoms with Crippen LogP contribution in [0.4, 0.5) is 5.00 Å². The van der Waals surface area contributed by atoms with Gasteiger partial charge in [0.05, 0.1) is 5.69 Å². The molecule has 0 atom stereocenters. The normalized spacial score (nSPS) is 10.6. The van der Waals surface area contributed by atoms with Gasteiger partial charge in [0.1, 0.15) is 16.6 Å². The molecule has 1 heterocycles. The summed E-state index contributed by atoms with van der Waals surface area (Å²) in [7, 11) is 0. The van der Waals surface area contributed by atoms with E-state index < -0.39 is 0 Å². The first-order valence-electron chi connectivity index (χ1n) is 6.75. The molecule has 0 spiro atoms. The monoisotopic (exact) mass is 265 g/mol. The van der Waals surface area contributed by atoms with Crippen molar-refractivity contribution < 1.29 is 0 Å². The summed E-state index contributed by atoms with van der Waals surface area (Å²) >= 11 is 1.39. The van der Waals surface area contributed by atoms with Crippen molar-refractivity contribution in [2.24, 2.45) is 5.92 Å². The maximum atomic E-state index is 8.99. The molecule has 3 nitrogen and oxygen atoms in total. The van der Waals surface area contributed by atoms with Gasteiger partial charge in [-0.2, -0.15) is 9.64 Å². The Labute approximate surface area is 114 Å². The third-order valence-electron chi connectivity index (χ3n) is 2.97. The van der Waals surface area contributed by atoms with Crippen LogP contribution in [0, 0.1) is 24.2 Å². The molecule has 1 N–H and O–H groups in total. The first kappa shape index (κ1) is 15.0. The number of nitriles is 1. The van der Waals surface area contributed by atoms with Crippen LogP contribution in [0.25, 0.3) is 0 Å². The molecule has 0 aliphatic carbocycles. The number of nitrogens with one attached hydrogen (secondary N) is 1. The minimum absolute atomic E-state index is 0.708. The summed E-state index contributed by atoms with van der Waals surface area (Å²) < 4.78 is 4.19. The second-order valence-corrected chi connectivity index (χ2v) is 5.88. The minimum atomic E-state index is 0.708. The molecule has 0 saturated heterocycles. The van der Waals surface area contributed by atoms with Crippen LogP contribution in [0.3, 0.4) is 0 Å². The molecule has 0 bridgehead atoms. The summed E-state index contributed by atoms with van der Waals surface area (Å²) in [6, 6.07) is 2.20. The fourth-order valence-corrected chi connectivity index (χ4v) is 2.63. The van der Waals surface area contributed by atoms with Crippen molar-refractivity contribution >= 4 is 16.5 Å². The van der Waals surface area contributed by atoms with E-state index >= 15 is 0 Å². The van der Waals surface area contributed by atoms with Crippen LogP contribution in [0.2, 0.25) is 0 Å². The third kappa shape index (κ3) is 5.05. The van der Waals surface area contributed by atoms with Crippen molar-refractivity contribution in [3.8, 4) is 6.07 Å². The topological polar surface area (TPSA) is 48.7 Å². The van der Waals surface area contributed by atoms with Gasteiger partial charge in [0.2, 0.25) is 0 Å². The number of aryl methyl sites for hydroxylation is 1. The van der Waals surface area contributed by atoms with Crippen LogP contribution in [0.15, 0.2) is 0 Å². The van der Waals surface area contributed by atoms with E-state index in [0.717, 1.165) is 23.2 Å². The van der Waals surface area contributed by atoms with E-state index in [1.165, 1.54) is 43.6 Å². The van der Waals surface area contributed by atoms with Crippen molar-refractivity contribution in [1.29, 1.82) is 5.26 Å². The van der Waals surface area contributed by atoms with Gasteiger partial charge in [0.15, 0.2) is 0 Å². The van der Waals surface area contributed by atoms with E-state index in [0.29, 0.717) is 5.56 Å². The van der Waals surface area contributed by atoms with Crippen molar-refractivity contribution in [2.75, 3.05) is 11.9 Å². The highest BCUT2D eigenvalue weighted by Gasteiger charge is 2.08. The predicted molar refractivity (Wildman–Crippen MR) is 78.0 cm³/mol. The van der Waals surface area contributed by atoms with Crippen LogP contribution in [-0.4, -0.2) is 10.9 Å². The van der Waals surface area contributed by atoms with Gasteiger partial charge in [-0.15, -0.1) is 0 Å². The Bertz CT molecular complexity index is 390. The second-order valence-electron chi connectivity index (χ2n) is 5.11. The van der Waals surface area contributed by atoms with Gasteiger partial charge in [-0.25, -0.2) is 0 Å². The average Bonchev–Trinajstić information content (AvgIpc) is 2.68. The first-order valence-corrected chi connectivity index (χ1v) is 7.52. The molecule has 100 valence electrons. The second kappa shape index (κ2) is 8.10. The lowest BCUT2D eigenvalue weighted by molar-refractivity contribution is 0.523. The molecule has 1 rings (SSSR count). The zero-order valence-electron chi connectivity index (χ0n) is 11.6. The van der Waals surface area contributed by atoms with Crippen LogP contribution in [0.5, 0.6) is 0 Å². The lowest BCUT2D eigenvalue weighted by Crippen LogP contribution is -2.01. The van der Waals surface area contributed by atoms with Crippen LogP contribution < -0.4 is 5.32 Å². The van der Waals surface area contributed by atoms with Gasteiger partial charge >= 0.3 is 0 Å². The molecule has 0 radical (unpaired) electrons. The molecule has 0 aliphatic rings. The quantitative estimate of drug-likeness (QED) is 0.711. The van der Waals surface area contributed by atoms with Crippen LogP contribution >= 0.6 is 11.5 Å². The van der Waals surface area contributed by atoms with Gasteiger partial charge in [-0.05, 0) is 30.8 Å². The highest BCUT2D eigenvalue weighted by molar-refractivity contribution is 7.10. The molecule has 0 amide bonds. The van der Waals surface area contributed by atoms with E-state index in [1.807, 2.05) is 6.92 Å². The molecule has 1 aromatic rings. The maximum absolute atomic E-state index is 8.99. The van der Waals surface area contributed by atoms with Crippen LogP contribution in [0.1, 0.15) is 57.2 Å². The molecule has 0 aliphatic heterocycles. The Morgan fingerprint density at radius 2 is 2.00 bits per heavy atom. The molecule has 0 fully saturated rings. The molecule has 0 saturated carbocycles. The Morgan fingerprint density at radius 3 is 2.67 bits per heavy atom. The summed E-state index contributed by atoms with van der Waals surface area (Å²) in [5.41, 5.74) is 1.54. The van der Waals surface area contributed by atoms with Crippen molar-refractivity contribution in [3.05, 3.63) is 11.3 Å². The summed E-state index contributed by atoms with van der Waals surface area (Å²) in [5.74, 6) is 0.821. The summed E-state index contributed by atoms with van der Waals surface area (Å²) in [5, 5.41) is 13.2. The fraction of sp³-hybridized carbons (Fsp3) is 0.714. The van der Waals surface area contributed by atoms with Crippen molar-refractivity contribution in [3.63, 3.8) is 0 Å². The van der Waals surface area contributed by atoms with E-state index in [9.17, 15) is 0 Å². The van der Waals surface area contributed by atoms with Gasteiger partial charge < -0.3 is 5.32 Å². The molecule has 1 aromatic heterocycles. The smallest absolute Gasteiger partial charge is 0.127 e. The van der Waals surface area contributed by atoms with Gasteiger partial charge in [0, 0.05) is 6.54 Å². The Morgan fingerprint density at radius 1 is 1.28 bits per heavy atom. The van der Waals surface area contributed by atoms with Crippen LogP contribution in [-0.2, 0) is 0 Å². The molecule has 4 heteroatoms. The number of rotatable bonds is 8. The largest absolute Gasteiger partial charge is 0.375 e. The van der Waals surface area contributed by atoms with E-state index in [1.54, 1.807) is 0 Å². The van der Waals surface area contributed by atoms with E-state index in [2.05, 4.69) is 29.6 Å². The zero-order valence-corrected chi connectivity index (χ0v) is 12.4. The third-order valence-corrected chi connectivity index (χ3v) is 3.86. The SMILES string of the molecule is Cc1nsc(NCCCCCCC(C)C)c1C#N.